The maximum Gasteiger partial charge on any atom is 0.411 e. The number of nitrogens with one attached hydrogen (secondary N) is 1. The van der Waals surface area contributed by atoms with Crippen LogP contribution in [0.25, 0.3) is 0 Å². The fraction of sp³-hybridized carbons (Fsp3) is 0.100. The third-order valence-corrected chi connectivity index (χ3v) is 2.19. The monoisotopic (exact) mass is 290 g/mol. The van der Waals surface area contributed by atoms with E-state index in [0.29, 0.717) is 0 Å². The minimum Gasteiger partial charge on any atom is -0.478 e. The molecule has 0 fully saturated rings. The average Bonchev–Trinajstić information content (AvgIpc) is 2.24. The molecule has 18 heavy (non-hydrogen) atoms. The van der Waals surface area contributed by atoms with Crippen molar-refractivity contribution in [2.45, 2.75) is 0 Å². The summed E-state index contributed by atoms with van der Waals surface area (Å²) < 4.78 is 4.64. The number of carbonyl (C=O) groups is 2. The lowest BCUT2D eigenvalue weighted by molar-refractivity contribution is 0.0698. The number of nitrogens with zero attached hydrogens (tertiary/aromatic N) is 1. The number of hydrogen-bond donors (Lipinski definition) is 2. The van der Waals surface area contributed by atoms with E-state index in [-0.39, 0.29) is 28.2 Å². The number of carboxylic acids is 1. The molecule has 8 heteroatoms. The van der Waals surface area contributed by atoms with Gasteiger partial charge in [0.25, 0.3) is 0 Å². The van der Waals surface area contributed by atoms with Gasteiger partial charge in [0, 0.05) is 6.07 Å². The molecule has 96 valence electrons. The van der Waals surface area contributed by atoms with Gasteiger partial charge < -0.3 is 9.84 Å². The number of aromatic nitrogens is 1. The highest BCUT2D eigenvalue weighted by Gasteiger charge is 2.19. The summed E-state index contributed by atoms with van der Waals surface area (Å²) >= 11 is 11.3. The number of rotatable bonds is 4. The molecular weight excluding hydrogens is 283 g/mol. The summed E-state index contributed by atoms with van der Waals surface area (Å²) in [5.41, 5.74) is -0.460. The molecule has 0 aliphatic heterocycles. The second-order valence-corrected chi connectivity index (χ2v) is 3.72. The van der Waals surface area contributed by atoms with E-state index in [0.717, 1.165) is 6.07 Å². The molecule has 1 rings (SSSR count). The van der Waals surface area contributed by atoms with Crippen LogP contribution in [-0.2, 0) is 4.74 Å². The lowest BCUT2D eigenvalue weighted by atomic mass is 10.2. The third kappa shape index (κ3) is 3.61. The fourth-order valence-corrected chi connectivity index (χ4v) is 1.58. The maximum atomic E-state index is 11.3. The summed E-state index contributed by atoms with van der Waals surface area (Å²) in [5, 5.41) is 10.8. The number of anilines is 1. The quantitative estimate of drug-likeness (QED) is 0.657. The van der Waals surface area contributed by atoms with E-state index in [1.165, 1.54) is 6.08 Å². The molecule has 1 heterocycles. The second-order valence-electron chi connectivity index (χ2n) is 2.98. The molecule has 0 unspecified atom stereocenters. The zero-order valence-electron chi connectivity index (χ0n) is 8.94. The molecule has 0 spiro atoms. The van der Waals surface area contributed by atoms with Crippen LogP contribution in [0.1, 0.15) is 10.4 Å². The van der Waals surface area contributed by atoms with Crippen LogP contribution in [0.2, 0.25) is 10.3 Å². The second kappa shape index (κ2) is 6.23. The van der Waals surface area contributed by atoms with Gasteiger partial charge in [-0.3, -0.25) is 5.32 Å². The van der Waals surface area contributed by atoms with Gasteiger partial charge in [-0.05, 0) is 0 Å². The average molecular weight is 291 g/mol. The number of halogens is 2. The number of carboxylic acid groups (broad SMARTS) is 1. The van der Waals surface area contributed by atoms with Crippen LogP contribution < -0.4 is 5.32 Å². The lowest BCUT2D eigenvalue weighted by Crippen LogP contribution is -2.16. The van der Waals surface area contributed by atoms with Crippen molar-refractivity contribution in [3.8, 4) is 0 Å². The Bertz CT molecular complexity index is 505. The molecule has 0 saturated heterocycles. The van der Waals surface area contributed by atoms with Gasteiger partial charge in [0.05, 0.1) is 5.69 Å². The van der Waals surface area contributed by atoms with Crippen molar-refractivity contribution < 1.29 is 19.4 Å². The van der Waals surface area contributed by atoms with E-state index in [4.69, 9.17) is 28.3 Å². The number of aromatic carboxylic acids is 1. The Kier molecular flexibility index (Phi) is 4.94. The summed E-state index contributed by atoms with van der Waals surface area (Å²) in [6.07, 6.45) is 0.514. The minimum atomic E-state index is -1.34. The smallest absolute Gasteiger partial charge is 0.411 e. The summed E-state index contributed by atoms with van der Waals surface area (Å²) in [6.45, 7) is 3.35. The van der Waals surface area contributed by atoms with Crippen LogP contribution in [0.3, 0.4) is 0 Å². The van der Waals surface area contributed by atoms with Crippen LogP contribution in [-0.4, -0.2) is 28.8 Å². The topological polar surface area (TPSA) is 88.5 Å². The molecule has 0 atom stereocenters. The van der Waals surface area contributed by atoms with Gasteiger partial charge in [0.15, 0.2) is 0 Å². The molecule has 1 aromatic rings. The fourth-order valence-electron chi connectivity index (χ4n) is 1.07. The molecule has 0 aliphatic carbocycles. The summed E-state index contributed by atoms with van der Waals surface area (Å²) in [4.78, 5) is 25.8. The van der Waals surface area contributed by atoms with Crippen molar-refractivity contribution in [1.29, 1.82) is 0 Å². The Morgan fingerprint density at radius 1 is 1.56 bits per heavy atom. The molecule has 0 radical (unpaired) electrons. The van der Waals surface area contributed by atoms with E-state index in [2.05, 4.69) is 21.6 Å². The van der Waals surface area contributed by atoms with E-state index < -0.39 is 12.1 Å². The van der Waals surface area contributed by atoms with Crippen molar-refractivity contribution in [1.82, 2.24) is 4.98 Å². The number of pyridine rings is 1. The molecule has 1 amide bonds. The van der Waals surface area contributed by atoms with Crippen molar-refractivity contribution in [3.05, 3.63) is 34.6 Å². The normalized spacial score (nSPS) is 9.67. The zero-order valence-corrected chi connectivity index (χ0v) is 10.5. The first kappa shape index (κ1) is 14.3. The highest BCUT2D eigenvalue weighted by atomic mass is 35.5. The third-order valence-electron chi connectivity index (χ3n) is 1.73. The van der Waals surface area contributed by atoms with Gasteiger partial charge in [-0.1, -0.05) is 35.9 Å². The number of ether oxygens (including phenoxy) is 1. The zero-order chi connectivity index (χ0) is 13.7. The molecule has 6 nitrogen and oxygen atoms in total. The SMILES string of the molecule is C=CCOC(=O)Nc1cc(Cl)nc(Cl)c1C(=O)O. The van der Waals surface area contributed by atoms with Crippen molar-refractivity contribution in [2.75, 3.05) is 11.9 Å². The summed E-state index contributed by atoms with van der Waals surface area (Å²) in [5.74, 6) is -1.34. The number of amides is 1. The molecule has 0 aromatic carbocycles. The highest BCUT2D eigenvalue weighted by molar-refractivity contribution is 6.35. The van der Waals surface area contributed by atoms with E-state index in [9.17, 15) is 9.59 Å². The lowest BCUT2D eigenvalue weighted by Gasteiger charge is -2.09. The molecule has 0 aliphatic rings. The van der Waals surface area contributed by atoms with E-state index in [1.54, 1.807) is 0 Å². The molecule has 2 N–H and O–H groups in total. The highest BCUT2D eigenvalue weighted by Crippen LogP contribution is 2.26. The van der Waals surface area contributed by atoms with E-state index >= 15 is 0 Å². The van der Waals surface area contributed by atoms with Crippen LogP contribution in [0.4, 0.5) is 10.5 Å². The number of hydrogen-bond acceptors (Lipinski definition) is 4. The van der Waals surface area contributed by atoms with Crippen LogP contribution in [0, 0.1) is 0 Å². The first-order valence-electron chi connectivity index (χ1n) is 4.59. The van der Waals surface area contributed by atoms with Gasteiger partial charge in [-0.15, -0.1) is 0 Å². The Labute approximate surface area is 112 Å². The molecule has 0 bridgehead atoms. The summed E-state index contributed by atoms with van der Waals surface area (Å²) in [7, 11) is 0. The van der Waals surface area contributed by atoms with Gasteiger partial charge in [0.2, 0.25) is 0 Å². The van der Waals surface area contributed by atoms with Crippen molar-refractivity contribution in [2.24, 2.45) is 0 Å². The van der Waals surface area contributed by atoms with Crippen LogP contribution in [0.15, 0.2) is 18.7 Å². The molecular formula is C10H8Cl2N2O4. The van der Waals surface area contributed by atoms with Gasteiger partial charge in [0.1, 0.15) is 22.5 Å². The van der Waals surface area contributed by atoms with Gasteiger partial charge >= 0.3 is 12.1 Å². The van der Waals surface area contributed by atoms with Gasteiger partial charge in [-0.2, -0.15) is 0 Å². The summed E-state index contributed by atoms with van der Waals surface area (Å²) in [6, 6.07) is 1.16. The minimum absolute atomic E-state index is 0.0131. The predicted molar refractivity (Wildman–Crippen MR) is 66.4 cm³/mol. The Balaban J connectivity index is 3.03. The first-order valence-corrected chi connectivity index (χ1v) is 5.35. The molecule has 1 aromatic heterocycles. The Morgan fingerprint density at radius 3 is 2.78 bits per heavy atom. The first-order chi connectivity index (χ1) is 8.45. The number of carbonyl (C=O) groups excluding carboxylic acids is 1. The van der Waals surface area contributed by atoms with Crippen LogP contribution >= 0.6 is 23.2 Å². The Morgan fingerprint density at radius 2 is 2.22 bits per heavy atom. The van der Waals surface area contributed by atoms with Crippen molar-refractivity contribution >= 4 is 41.0 Å². The standard InChI is InChI=1S/C10H8Cl2N2O4/c1-2-3-18-10(17)13-5-4-6(11)14-8(12)7(5)9(15)16/h2,4H,1,3H2,(H,15,16)(H,13,14,17). The molecule has 0 saturated carbocycles. The predicted octanol–water partition coefficient (Wildman–Crippen LogP) is 2.82. The van der Waals surface area contributed by atoms with Crippen LogP contribution in [0.5, 0.6) is 0 Å². The van der Waals surface area contributed by atoms with Gasteiger partial charge in [-0.25, -0.2) is 14.6 Å². The maximum absolute atomic E-state index is 11.3. The Hall–Kier alpha value is -1.79. The van der Waals surface area contributed by atoms with E-state index in [1.807, 2.05) is 0 Å². The van der Waals surface area contributed by atoms with Crippen molar-refractivity contribution in [3.63, 3.8) is 0 Å². The largest absolute Gasteiger partial charge is 0.478 e.